The van der Waals surface area contributed by atoms with Crippen LogP contribution in [0.3, 0.4) is 0 Å². The van der Waals surface area contributed by atoms with Gasteiger partial charge in [-0.2, -0.15) is 0 Å². The molecule has 150 valence electrons. The number of ether oxygens (including phenoxy) is 2. The number of nitrogens with zero attached hydrogens (tertiary/aromatic N) is 1. The molecular formula is C19H15FN2O7. The summed E-state index contributed by atoms with van der Waals surface area (Å²) in [6.07, 6.45) is -0.660. The van der Waals surface area contributed by atoms with Crippen LogP contribution in [-0.4, -0.2) is 17.6 Å². The number of fused-ring (bicyclic) bond motifs is 1. The Bertz CT molecular complexity index is 1140. The highest BCUT2D eigenvalue weighted by atomic mass is 19.1. The minimum absolute atomic E-state index is 0.166. The van der Waals surface area contributed by atoms with E-state index in [1.165, 1.54) is 12.1 Å². The van der Waals surface area contributed by atoms with Gasteiger partial charge in [0.25, 0.3) is 0 Å². The summed E-state index contributed by atoms with van der Waals surface area (Å²) in [5.74, 6) is -0.963. The van der Waals surface area contributed by atoms with Gasteiger partial charge in [0, 0.05) is 40.9 Å². The van der Waals surface area contributed by atoms with Crippen LogP contribution < -0.4 is 15.7 Å². The summed E-state index contributed by atoms with van der Waals surface area (Å²) in [6.45, 7) is 1.62. The van der Waals surface area contributed by atoms with Crippen LogP contribution in [0.5, 0.6) is 5.75 Å². The highest BCUT2D eigenvalue weighted by molar-refractivity contribution is 5.89. The van der Waals surface area contributed by atoms with Crippen molar-refractivity contribution in [2.24, 2.45) is 0 Å². The first-order valence-corrected chi connectivity index (χ1v) is 8.44. The molecule has 1 N–H and O–H groups in total. The predicted octanol–water partition coefficient (Wildman–Crippen LogP) is 3.99. The van der Waals surface area contributed by atoms with E-state index in [4.69, 9.17) is 13.9 Å². The Hall–Kier alpha value is -3.95. The molecule has 0 aliphatic rings. The molecule has 2 aromatic carbocycles. The number of carbonyl (C=O) groups excluding carboxylic acids is 1. The third kappa shape index (κ3) is 4.67. The van der Waals surface area contributed by atoms with Crippen LogP contribution >= 0.6 is 0 Å². The summed E-state index contributed by atoms with van der Waals surface area (Å²) in [5.41, 5.74) is -0.202. The number of carbonyl (C=O) groups is 1. The van der Waals surface area contributed by atoms with Crippen LogP contribution in [0.2, 0.25) is 0 Å². The van der Waals surface area contributed by atoms with Crippen LogP contribution in [0.15, 0.2) is 51.7 Å². The maximum Gasteiger partial charge on any atom is 0.411 e. The zero-order valence-electron chi connectivity index (χ0n) is 15.1. The SMILES string of the molecule is CCOC(=O)Nc1ccc2c(COc3cc(F)ccc3[N+](=O)[O-])cc(=O)oc2c1. The maximum absolute atomic E-state index is 13.4. The zero-order valence-corrected chi connectivity index (χ0v) is 15.1. The van der Waals surface area contributed by atoms with Gasteiger partial charge in [0.2, 0.25) is 0 Å². The molecular weight excluding hydrogens is 387 g/mol. The van der Waals surface area contributed by atoms with E-state index >= 15 is 0 Å². The summed E-state index contributed by atoms with van der Waals surface area (Å²) < 4.78 is 28.8. The minimum Gasteiger partial charge on any atom is -0.482 e. The number of hydrogen-bond acceptors (Lipinski definition) is 7. The van der Waals surface area contributed by atoms with Crippen molar-refractivity contribution < 1.29 is 28.0 Å². The fourth-order valence-corrected chi connectivity index (χ4v) is 2.62. The van der Waals surface area contributed by atoms with Crippen LogP contribution in [0.25, 0.3) is 11.0 Å². The molecule has 0 saturated heterocycles. The van der Waals surface area contributed by atoms with E-state index < -0.39 is 28.1 Å². The molecule has 1 amide bonds. The van der Waals surface area contributed by atoms with Crippen LogP contribution in [0.1, 0.15) is 12.5 Å². The van der Waals surface area contributed by atoms with Gasteiger partial charge in [-0.1, -0.05) is 0 Å². The van der Waals surface area contributed by atoms with Crippen molar-refractivity contribution in [3.63, 3.8) is 0 Å². The van der Waals surface area contributed by atoms with Crippen LogP contribution in [0.4, 0.5) is 20.6 Å². The molecule has 0 atom stereocenters. The van der Waals surface area contributed by atoms with E-state index in [-0.39, 0.29) is 24.5 Å². The summed E-state index contributed by atoms with van der Waals surface area (Å²) >= 11 is 0. The number of halogens is 1. The number of nitrogens with one attached hydrogen (secondary N) is 1. The van der Waals surface area contributed by atoms with Crippen molar-refractivity contribution in [2.75, 3.05) is 11.9 Å². The molecule has 0 fully saturated rings. The molecule has 0 radical (unpaired) electrons. The summed E-state index contributed by atoms with van der Waals surface area (Å²) in [7, 11) is 0. The van der Waals surface area contributed by atoms with Gasteiger partial charge in [-0.3, -0.25) is 15.4 Å². The van der Waals surface area contributed by atoms with E-state index in [0.717, 1.165) is 18.2 Å². The smallest absolute Gasteiger partial charge is 0.411 e. The molecule has 9 nitrogen and oxygen atoms in total. The molecule has 1 aromatic heterocycles. The molecule has 0 spiro atoms. The quantitative estimate of drug-likeness (QED) is 0.376. The lowest BCUT2D eigenvalue weighted by atomic mass is 10.1. The van der Waals surface area contributed by atoms with E-state index in [9.17, 15) is 24.1 Å². The van der Waals surface area contributed by atoms with Gasteiger partial charge < -0.3 is 13.9 Å². The van der Waals surface area contributed by atoms with Gasteiger partial charge >= 0.3 is 17.4 Å². The van der Waals surface area contributed by atoms with Gasteiger partial charge in [-0.15, -0.1) is 0 Å². The van der Waals surface area contributed by atoms with Gasteiger partial charge in [-0.25, -0.2) is 14.0 Å². The summed E-state index contributed by atoms with van der Waals surface area (Å²) in [6, 6.07) is 8.60. The first-order valence-electron chi connectivity index (χ1n) is 8.44. The number of nitro groups is 1. The maximum atomic E-state index is 13.4. The molecule has 0 aliphatic heterocycles. The van der Waals surface area contributed by atoms with E-state index in [1.807, 2.05) is 0 Å². The number of benzene rings is 2. The second-order valence-electron chi connectivity index (χ2n) is 5.80. The fourth-order valence-electron chi connectivity index (χ4n) is 2.62. The zero-order chi connectivity index (χ0) is 21.0. The number of rotatable bonds is 6. The highest BCUT2D eigenvalue weighted by Crippen LogP contribution is 2.29. The third-order valence-electron chi connectivity index (χ3n) is 3.85. The average molecular weight is 402 g/mol. The first kappa shape index (κ1) is 19.8. The third-order valence-corrected chi connectivity index (χ3v) is 3.85. The molecule has 3 rings (SSSR count). The van der Waals surface area contributed by atoms with Crippen molar-refractivity contribution >= 4 is 28.4 Å². The lowest BCUT2D eigenvalue weighted by molar-refractivity contribution is -0.386. The topological polar surface area (TPSA) is 121 Å². The van der Waals surface area contributed by atoms with Crippen molar-refractivity contribution in [3.8, 4) is 5.75 Å². The molecule has 10 heteroatoms. The Morgan fingerprint density at radius 3 is 2.76 bits per heavy atom. The summed E-state index contributed by atoms with van der Waals surface area (Å²) in [4.78, 5) is 33.8. The molecule has 0 aliphatic carbocycles. The van der Waals surface area contributed by atoms with E-state index in [0.29, 0.717) is 16.6 Å². The Labute approximate surface area is 162 Å². The Balaban J connectivity index is 1.90. The lowest BCUT2D eigenvalue weighted by Gasteiger charge is -2.10. The van der Waals surface area contributed by atoms with Crippen molar-refractivity contribution in [1.29, 1.82) is 0 Å². The van der Waals surface area contributed by atoms with Gasteiger partial charge in [0.05, 0.1) is 11.5 Å². The van der Waals surface area contributed by atoms with Gasteiger partial charge in [0.15, 0.2) is 5.75 Å². The van der Waals surface area contributed by atoms with Crippen LogP contribution in [0, 0.1) is 15.9 Å². The standard InChI is InChI=1S/C19H15FN2O7/c1-2-27-19(24)21-13-4-5-14-11(7-18(23)29-16(14)9-13)10-28-17-8-12(20)3-6-15(17)22(25)26/h3-9H,2,10H2,1H3,(H,21,24). The van der Waals surface area contributed by atoms with Gasteiger partial charge in [0.1, 0.15) is 18.0 Å². The van der Waals surface area contributed by atoms with Crippen molar-refractivity contribution in [2.45, 2.75) is 13.5 Å². The average Bonchev–Trinajstić information content (AvgIpc) is 2.65. The van der Waals surface area contributed by atoms with Gasteiger partial charge in [-0.05, 0) is 25.1 Å². The highest BCUT2D eigenvalue weighted by Gasteiger charge is 2.17. The van der Waals surface area contributed by atoms with Crippen molar-refractivity contribution in [3.05, 3.63) is 74.4 Å². The number of anilines is 1. The van der Waals surface area contributed by atoms with E-state index in [2.05, 4.69) is 5.32 Å². The van der Waals surface area contributed by atoms with E-state index in [1.54, 1.807) is 19.1 Å². The molecule has 0 saturated carbocycles. The summed E-state index contributed by atoms with van der Waals surface area (Å²) in [5, 5.41) is 14.0. The first-order chi connectivity index (χ1) is 13.9. The Morgan fingerprint density at radius 1 is 1.24 bits per heavy atom. The number of nitro benzene ring substituents is 1. The Kier molecular flexibility index (Phi) is 5.72. The fraction of sp³-hybridized carbons (Fsp3) is 0.158. The Morgan fingerprint density at radius 2 is 2.03 bits per heavy atom. The molecule has 0 unspecified atom stereocenters. The normalized spacial score (nSPS) is 10.6. The van der Waals surface area contributed by atoms with Crippen molar-refractivity contribution in [1.82, 2.24) is 0 Å². The predicted molar refractivity (Wildman–Crippen MR) is 101 cm³/mol. The minimum atomic E-state index is -0.697. The van der Waals surface area contributed by atoms with Crippen LogP contribution in [-0.2, 0) is 11.3 Å². The second-order valence-corrected chi connectivity index (χ2v) is 5.80. The largest absolute Gasteiger partial charge is 0.482 e. The lowest BCUT2D eigenvalue weighted by Crippen LogP contribution is -2.13. The molecule has 29 heavy (non-hydrogen) atoms. The monoisotopic (exact) mass is 402 g/mol. The second kappa shape index (κ2) is 8.38. The molecule has 0 bridgehead atoms. The number of amides is 1. The molecule has 3 aromatic rings. The number of hydrogen-bond donors (Lipinski definition) is 1. The molecule has 1 heterocycles.